The van der Waals surface area contributed by atoms with Gasteiger partial charge in [-0.2, -0.15) is 0 Å². The average molecular weight is 405 g/mol. The van der Waals surface area contributed by atoms with Crippen LogP contribution in [0, 0.1) is 5.92 Å². The molecule has 142 valence electrons. The molecule has 2 heterocycles. The summed E-state index contributed by atoms with van der Waals surface area (Å²) in [5.74, 6) is -0.262. The van der Waals surface area contributed by atoms with E-state index in [9.17, 15) is 9.59 Å². The third-order valence-electron chi connectivity index (χ3n) is 4.02. The highest BCUT2D eigenvalue weighted by molar-refractivity contribution is 7.15. The largest absolute Gasteiger partial charge is 0.349 e. The molecule has 2 aromatic heterocycles. The van der Waals surface area contributed by atoms with Gasteiger partial charge in [-0.15, -0.1) is 11.3 Å². The molecule has 1 unspecified atom stereocenters. The molecule has 1 atom stereocenters. The molecule has 3 rings (SSSR count). The number of nitrogens with zero attached hydrogens (tertiary/aromatic N) is 2. The van der Waals surface area contributed by atoms with Crippen LogP contribution in [-0.4, -0.2) is 27.2 Å². The highest BCUT2D eigenvalue weighted by Crippen LogP contribution is 2.13. The molecule has 1 aromatic carbocycles. The molecule has 0 aliphatic rings. The number of carbonyl (C=O) groups excluding carboxylic acids is 2. The minimum Gasteiger partial charge on any atom is -0.349 e. The Labute approximate surface area is 166 Å². The number of aromatic nitrogens is 2. The number of imidazole rings is 1. The van der Waals surface area contributed by atoms with Crippen molar-refractivity contribution in [2.75, 3.05) is 0 Å². The first-order valence-corrected chi connectivity index (χ1v) is 9.93. The quantitative estimate of drug-likeness (QED) is 0.632. The molecule has 0 aliphatic carbocycles. The monoisotopic (exact) mass is 404 g/mol. The Morgan fingerprint density at radius 3 is 2.67 bits per heavy atom. The predicted molar refractivity (Wildman–Crippen MR) is 107 cm³/mol. The number of thiazole rings is 1. The Morgan fingerprint density at radius 1 is 1.26 bits per heavy atom. The maximum Gasteiger partial charge on any atom is 0.251 e. The number of carbonyl (C=O) groups is 2. The summed E-state index contributed by atoms with van der Waals surface area (Å²) >= 11 is 7.40. The number of halogens is 1. The fourth-order valence-electron chi connectivity index (χ4n) is 2.71. The molecule has 0 aliphatic heterocycles. The van der Waals surface area contributed by atoms with Crippen LogP contribution in [0.4, 0.5) is 0 Å². The Morgan fingerprint density at radius 2 is 2.00 bits per heavy atom. The van der Waals surface area contributed by atoms with Crippen molar-refractivity contribution >= 4 is 39.7 Å². The van der Waals surface area contributed by atoms with E-state index in [-0.39, 0.29) is 17.7 Å². The molecule has 0 saturated heterocycles. The number of hydrogen-bond acceptors (Lipinski definition) is 4. The Balaban J connectivity index is 1.63. The molecule has 0 fully saturated rings. The molecule has 27 heavy (non-hydrogen) atoms. The van der Waals surface area contributed by atoms with E-state index in [1.165, 1.54) is 11.3 Å². The lowest BCUT2D eigenvalue weighted by atomic mass is 10.0. The van der Waals surface area contributed by atoms with Crippen molar-refractivity contribution in [3.8, 4) is 0 Å². The molecule has 2 amide bonds. The molecule has 6 nitrogen and oxygen atoms in total. The zero-order chi connectivity index (χ0) is 19.4. The van der Waals surface area contributed by atoms with Crippen LogP contribution >= 0.6 is 22.9 Å². The van der Waals surface area contributed by atoms with Crippen LogP contribution in [0.3, 0.4) is 0 Å². The molecule has 0 bridgehead atoms. The molecule has 0 spiro atoms. The molecule has 0 saturated carbocycles. The van der Waals surface area contributed by atoms with Gasteiger partial charge in [-0.05, 0) is 36.6 Å². The average Bonchev–Trinajstić information content (AvgIpc) is 3.20. The van der Waals surface area contributed by atoms with Crippen LogP contribution in [0.1, 0.15) is 36.3 Å². The van der Waals surface area contributed by atoms with Crippen LogP contribution < -0.4 is 10.6 Å². The summed E-state index contributed by atoms with van der Waals surface area (Å²) in [7, 11) is 0. The second-order valence-electron chi connectivity index (χ2n) is 6.71. The number of benzene rings is 1. The number of rotatable bonds is 7. The SMILES string of the molecule is CC(C)CC(NC(=O)c1ccc(Cl)cc1)C(=O)NCc1cn2ccsc2n1. The van der Waals surface area contributed by atoms with Crippen LogP contribution in [0.25, 0.3) is 4.96 Å². The van der Waals surface area contributed by atoms with E-state index in [4.69, 9.17) is 11.6 Å². The standard InChI is InChI=1S/C19H21ClN4O2S/c1-12(2)9-16(23-17(25)13-3-5-14(20)6-4-13)18(26)21-10-15-11-24-7-8-27-19(24)22-15/h3-8,11-12,16H,9-10H2,1-2H3,(H,21,26)(H,23,25). The lowest BCUT2D eigenvalue weighted by Gasteiger charge is -2.20. The Hall–Kier alpha value is -2.38. The minimum absolute atomic E-state index is 0.220. The topological polar surface area (TPSA) is 75.5 Å². The molecular formula is C19H21ClN4O2S. The highest BCUT2D eigenvalue weighted by atomic mass is 35.5. The third-order valence-corrected chi connectivity index (χ3v) is 5.04. The van der Waals surface area contributed by atoms with E-state index in [0.717, 1.165) is 10.7 Å². The summed E-state index contributed by atoms with van der Waals surface area (Å²) < 4.78 is 1.92. The Kier molecular flexibility index (Phi) is 6.13. The number of nitrogens with one attached hydrogen (secondary N) is 2. The Bertz CT molecular complexity index is 904. The maximum atomic E-state index is 12.6. The van der Waals surface area contributed by atoms with E-state index in [1.807, 2.05) is 36.0 Å². The van der Waals surface area contributed by atoms with E-state index < -0.39 is 6.04 Å². The van der Waals surface area contributed by atoms with E-state index in [1.54, 1.807) is 24.3 Å². The van der Waals surface area contributed by atoms with Crippen molar-refractivity contribution in [3.05, 3.63) is 58.3 Å². The molecule has 2 N–H and O–H groups in total. The van der Waals surface area contributed by atoms with Gasteiger partial charge in [-0.1, -0.05) is 25.4 Å². The summed E-state index contributed by atoms with van der Waals surface area (Å²) in [5, 5.41) is 8.21. The summed E-state index contributed by atoms with van der Waals surface area (Å²) in [6.07, 6.45) is 4.35. The van der Waals surface area contributed by atoms with Crippen molar-refractivity contribution in [2.24, 2.45) is 5.92 Å². The van der Waals surface area contributed by atoms with Crippen molar-refractivity contribution in [1.82, 2.24) is 20.0 Å². The summed E-state index contributed by atoms with van der Waals surface area (Å²) in [6.45, 7) is 4.34. The lowest BCUT2D eigenvalue weighted by molar-refractivity contribution is -0.123. The van der Waals surface area contributed by atoms with E-state index in [0.29, 0.717) is 23.6 Å². The van der Waals surface area contributed by atoms with Gasteiger partial charge in [-0.3, -0.25) is 14.0 Å². The van der Waals surface area contributed by atoms with Crippen LogP contribution in [0.15, 0.2) is 42.0 Å². The predicted octanol–water partition coefficient (Wildman–Crippen LogP) is 3.51. The first-order chi connectivity index (χ1) is 12.9. The van der Waals surface area contributed by atoms with Gasteiger partial charge in [0.25, 0.3) is 5.91 Å². The fourth-order valence-corrected chi connectivity index (χ4v) is 3.55. The summed E-state index contributed by atoms with van der Waals surface area (Å²) in [6, 6.07) is 5.97. The van der Waals surface area contributed by atoms with Crippen molar-refractivity contribution < 1.29 is 9.59 Å². The van der Waals surface area contributed by atoms with Gasteiger partial charge in [0.2, 0.25) is 5.91 Å². The van der Waals surface area contributed by atoms with Crippen molar-refractivity contribution in [2.45, 2.75) is 32.9 Å². The molecule has 3 aromatic rings. The van der Waals surface area contributed by atoms with Crippen LogP contribution in [0.5, 0.6) is 0 Å². The lowest BCUT2D eigenvalue weighted by Crippen LogP contribution is -2.47. The second kappa shape index (κ2) is 8.54. The van der Waals surface area contributed by atoms with Gasteiger partial charge in [-0.25, -0.2) is 4.98 Å². The van der Waals surface area contributed by atoms with Gasteiger partial charge >= 0.3 is 0 Å². The van der Waals surface area contributed by atoms with Gasteiger partial charge in [0.05, 0.1) is 12.2 Å². The van der Waals surface area contributed by atoms with Gasteiger partial charge in [0.15, 0.2) is 4.96 Å². The third kappa shape index (κ3) is 5.08. The number of amides is 2. The zero-order valence-corrected chi connectivity index (χ0v) is 16.7. The maximum absolute atomic E-state index is 12.6. The molecule has 8 heteroatoms. The highest BCUT2D eigenvalue weighted by Gasteiger charge is 2.22. The van der Waals surface area contributed by atoms with E-state index >= 15 is 0 Å². The van der Waals surface area contributed by atoms with E-state index in [2.05, 4.69) is 15.6 Å². The molecular weight excluding hydrogens is 384 g/mol. The van der Waals surface area contributed by atoms with Crippen molar-refractivity contribution in [3.63, 3.8) is 0 Å². The smallest absolute Gasteiger partial charge is 0.251 e. The van der Waals surface area contributed by atoms with Gasteiger partial charge in [0.1, 0.15) is 6.04 Å². The van der Waals surface area contributed by atoms with Crippen LogP contribution in [-0.2, 0) is 11.3 Å². The van der Waals surface area contributed by atoms with Gasteiger partial charge < -0.3 is 10.6 Å². The summed E-state index contributed by atoms with van der Waals surface area (Å²) in [5.41, 5.74) is 1.25. The minimum atomic E-state index is -0.614. The fraction of sp³-hybridized carbons (Fsp3) is 0.316. The van der Waals surface area contributed by atoms with Gasteiger partial charge in [0, 0.05) is 28.4 Å². The first kappa shape index (κ1) is 19.4. The van der Waals surface area contributed by atoms with Crippen LogP contribution in [0.2, 0.25) is 5.02 Å². The normalized spacial score (nSPS) is 12.3. The van der Waals surface area contributed by atoms with Crippen molar-refractivity contribution in [1.29, 1.82) is 0 Å². The molecule has 0 radical (unpaired) electrons. The number of fused-ring (bicyclic) bond motifs is 1. The number of hydrogen-bond donors (Lipinski definition) is 2. The summed E-state index contributed by atoms with van der Waals surface area (Å²) in [4.78, 5) is 30.4. The zero-order valence-electron chi connectivity index (χ0n) is 15.1. The second-order valence-corrected chi connectivity index (χ2v) is 8.01. The first-order valence-electron chi connectivity index (χ1n) is 8.67.